The average Bonchev–Trinajstić information content (AvgIpc) is 2.14. The van der Waals surface area contributed by atoms with Crippen LogP contribution in [0.1, 0.15) is 25.8 Å². The van der Waals surface area contributed by atoms with Crippen molar-refractivity contribution in [2.75, 3.05) is 0 Å². The van der Waals surface area contributed by atoms with Crippen LogP contribution in [-0.2, 0) is 6.54 Å². The van der Waals surface area contributed by atoms with Crippen LogP contribution in [-0.4, -0.2) is 6.04 Å². The Balaban J connectivity index is 0.00000169. The number of halogens is 2. The summed E-state index contributed by atoms with van der Waals surface area (Å²) in [6.45, 7) is 5.00. The molecule has 0 aromatic heterocycles. The van der Waals surface area contributed by atoms with Crippen molar-refractivity contribution < 1.29 is 4.39 Å². The molecule has 1 unspecified atom stereocenters. The molecule has 1 aromatic carbocycles. The van der Waals surface area contributed by atoms with E-state index in [2.05, 4.69) is 19.2 Å². The largest absolute Gasteiger partial charge is 0.310 e. The van der Waals surface area contributed by atoms with E-state index in [4.69, 9.17) is 0 Å². The topological polar surface area (TPSA) is 12.0 Å². The Bertz CT molecular complexity index is 265. The molecule has 14 heavy (non-hydrogen) atoms. The smallest absolute Gasteiger partial charge is 0.123 e. The molecule has 0 spiro atoms. The predicted molar refractivity (Wildman–Crippen MR) is 60.2 cm³/mol. The van der Waals surface area contributed by atoms with Gasteiger partial charge < -0.3 is 5.32 Å². The SMILES string of the molecule is CCC(C)NCc1cccc(F)c1.Cl. The van der Waals surface area contributed by atoms with E-state index in [0.717, 1.165) is 18.5 Å². The van der Waals surface area contributed by atoms with Gasteiger partial charge in [-0.25, -0.2) is 4.39 Å². The van der Waals surface area contributed by atoms with E-state index in [1.54, 1.807) is 12.1 Å². The summed E-state index contributed by atoms with van der Waals surface area (Å²) in [5.41, 5.74) is 1.00. The molecule has 0 aliphatic rings. The molecule has 1 N–H and O–H groups in total. The first-order valence-corrected chi connectivity index (χ1v) is 4.70. The number of hydrogen-bond donors (Lipinski definition) is 1. The molecule has 0 bridgehead atoms. The summed E-state index contributed by atoms with van der Waals surface area (Å²) in [7, 11) is 0. The number of hydrogen-bond acceptors (Lipinski definition) is 1. The van der Waals surface area contributed by atoms with Crippen molar-refractivity contribution in [2.24, 2.45) is 0 Å². The van der Waals surface area contributed by atoms with E-state index in [1.807, 2.05) is 6.07 Å². The summed E-state index contributed by atoms with van der Waals surface area (Å²) < 4.78 is 12.7. The van der Waals surface area contributed by atoms with Crippen molar-refractivity contribution in [1.82, 2.24) is 5.32 Å². The molecule has 0 radical (unpaired) electrons. The third-order valence-corrected chi connectivity index (χ3v) is 2.16. The lowest BCUT2D eigenvalue weighted by Gasteiger charge is -2.10. The molecule has 1 rings (SSSR count). The molecule has 0 heterocycles. The van der Waals surface area contributed by atoms with Gasteiger partial charge in [0.25, 0.3) is 0 Å². The lowest BCUT2D eigenvalue weighted by Crippen LogP contribution is -2.24. The van der Waals surface area contributed by atoms with Gasteiger partial charge in [-0.3, -0.25) is 0 Å². The zero-order valence-electron chi connectivity index (χ0n) is 8.59. The van der Waals surface area contributed by atoms with Crippen LogP contribution in [0.15, 0.2) is 24.3 Å². The fourth-order valence-electron chi connectivity index (χ4n) is 1.08. The molecule has 0 saturated carbocycles. The Hall–Kier alpha value is -0.600. The van der Waals surface area contributed by atoms with Crippen LogP contribution in [0.3, 0.4) is 0 Å². The average molecular weight is 218 g/mol. The van der Waals surface area contributed by atoms with E-state index in [-0.39, 0.29) is 18.2 Å². The van der Waals surface area contributed by atoms with Gasteiger partial charge in [0.05, 0.1) is 0 Å². The van der Waals surface area contributed by atoms with Crippen LogP contribution in [0.25, 0.3) is 0 Å². The van der Waals surface area contributed by atoms with Gasteiger partial charge in [0.15, 0.2) is 0 Å². The minimum absolute atomic E-state index is 0. The van der Waals surface area contributed by atoms with E-state index in [1.165, 1.54) is 6.07 Å². The molecule has 1 nitrogen and oxygen atoms in total. The zero-order chi connectivity index (χ0) is 9.68. The normalized spacial score (nSPS) is 11.9. The third-order valence-electron chi connectivity index (χ3n) is 2.16. The van der Waals surface area contributed by atoms with Gasteiger partial charge >= 0.3 is 0 Å². The molecule has 0 fully saturated rings. The molecule has 0 saturated heterocycles. The minimum atomic E-state index is -0.163. The fraction of sp³-hybridized carbons (Fsp3) is 0.455. The fourth-order valence-corrected chi connectivity index (χ4v) is 1.08. The summed E-state index contributed by atoms with van der Waals surface area (Å²) in [5, 5.41) is 3.31. The van der Waals surface area contributed by atoms with Crippen LogP contribution in [0.5, 0.6) is 0 Å². The monoisotopic (exact) mass is 217 g/mol. The van der Waals surface area contributed by atoms with Gasteiger partial charge in [0.1, 0.15) is 5.82 Å². The maximum absolute atomic E-state index is 12.7. The Morgan fingerprint density at radius 1 is 1.43 bits per heavy atom. The molecule has 1 aromatic rings. The van der Waals surface area contributed by atoms with Crippen LogP contribution in [0.2, 0.25) is 0 Å². The van der Waals surface area contributed by atoms with Gasteiger partial charge in [-0.15, -0.1) is 12.4 Å². The second-order valence-corrected chi connectivity index (χ2v) is 3.32. The first kappa shape index (κ1) is 13.4. The van der Waals surface area contributed by atoms with Crippen molar-refractivity contribution in [3.05, 3.63) is 35.6 Å². The van der Waals surface area contributed by atoms with Gasteiger partial charge in [0.2, 0.25) is 0 Å². The van der Waals surface area contributed by atoms with E-state index in [9.17, 15) is 4.39 Å². The summed E-state index contributed by atoms with van der Waals surface area (Å²) in [6, 6.07) is 7.19. The molecular weight excluding hydrogens is 201 g/mol. The lowest BCUT2D eigenvalue weighted by atomic mass is 10.2. The zero-order valence-corrected chi connectivity index (χ0v) is 9.40. The standard InChI is InChI=1S/C11H16FN.ClH/c1-3-9(2)13-8-10-5-4-6-11(12)7-10;/h4-7,9,13H,3,8H2,1-2H3;1H. The highest BCUT2D eigenvalue weighted by Crippen LogP contribution is 2.03. The Labute approximate surface area is 91.1 Å². The first-order chi connectivity index (χ1) is 6.22. The van der Waals surface area contributed by atoms with Crippen LogP contribution in [0, 0.1) is 5.82 Å². The van der Waals surface area contributed by atoms with Crippen molar-refractivity contribution in [3.8, 4) is 0 Å². The number of benzene rings is 1. The van der Waals surface area contributed by atoms with Gasteiger partial charge in [-0.2, -0.15) is 0 Å². The predicted octanol–water partition coefficient (Wildman–Crippen LogP) is 3.14. The molecular formula is C11H17ClFN. The van der Waals surface area contributed by atoms with Gasteiger partial charge in [0, 0.05) is 12.6 Å². The highest BCUT2D eigenvalue weighted by molar-refractivity contribution is 5.85. The Morgan fingerprint density at radius 3 is 2.71 bits per heavy atom. The number of nitrogens with one attached hydrogen (secondary N) is 1. The number of rotatable bonds is 4. The Kier molecular flexibility index (Phi) is 6.50. The van der Waals surface area contributed by atoms with Crippen LogP contribution in [0.4, 0.5) is 4.39 Å². The summed E-state index contributed by atoms with van der Waals surface area (Å²) in [5.74, 6) is -0.163. The van der Waals surface area contributed by atoms with Crippen molar-refractivity contribution >= 4 is 12.4 Å². The van der Waals surface area contributed by atoms with Gasteiger partial charge in [-0.05, 0) is 31.0 Å². The second kappa shape index (κ2) is 6.80. The van der Waals surface area contributed by atoms with Crippen LogP contribution < -0.4 is 5.32 Å². The lowest BCUT2D eigenvalue weighted by molar-refractivity contribution is 0.532. The molecule has 0 aliphatic heterocycles. The van der Waals surface area contributed by atoms with E-state index >= 15 is 0 Å². The van der Waals surface area contributed by atoms with Crippen molar-refractivity contribution in [3.63, 3.8) is 0 Å². The van der Waals surface area contributed by atoms with Crippen LogP contribution >= 0.6 is 12.4 Å². The highest BCUT2D eigenvalue weighted by atomic mass is 35.5. The minimum Gasteiger partial charge on any atom is -0.310 e. The summed E-state index contributed by atoms with van der Waals surface area (Å²) >= 11 is 0. The van der Waals surface area contributed by atoms with E-state index in [0.29, 0.717) is 6.04 Å². The highest BCUT2D eigenvalue weighted by Gasteiger charge is 1.98. The third kappa shape index (κ3) is 4.58. The molecule has 1 atom stereocenters. The quantitative estimate of drug-likeness (QED) is 0.817. The molecule has 0 aliphatic carbocycles. The summed E-state index contributed by atoms with van der Waals surface area (Å²) in [4.78, 5) is 0. The van der Waals surface area contributed by atoms with Crippen molar-refractivity contribution in [1.29, 1.82) is 0 Å². The van der Waals surface area contributed by atoms with Crippen molar-refractivity contribution in [2.45, 2.75) is 32.9 Å². The second-order valence-electron chi connectivity index (χ2n) is 3.32. The first-order valence-electron chi connectivity index (χ1n) is 4.70. The molecule has 80 valence electrons. The molecule has 3 heteroatoms. The molecule has 0 amide bonds. The summed E-state index contributed by atoms with van der Waals surface area (Å²) in [6.07, 6.45) is 1.09. The maximum atomic E-state index is 12.7. The van der Waals surface area contributed by atoms with E-state index < -0.39 is 0 Å². The van der Waals surface area contributed by atoms with Gasteiger partial charge in [-0.1, -0.05) is 19.1 Å². The Morgan fingerprint density at radius 2 is 2.14 bits per heavy atom. The maximum Gasteiger partial charge on any atom is 0.123 e.